The van der Waals surface area contributed by atoms with E-state index < -0.39 is 0 Å². The lowest BCUT2D eigenvalue weighted by Crippen LogP contribution is -2.00. The van der Waals surface area contributed by atoms with Gasteiger partial charge in [0.2, 0.25) is 0 Å². The van der Waals surface area contributed by atoms with Gasteiger partial charge in [0.15, 0.2) is 5.84 Å². The van der Waals surface area contributed by atoms with E-state index in [1.54, 1.807) is 0 Å². The van der Waals surface area contributed by atoms with Crippen molar-refractivity contribution in [2.24, 2.45) is 9.98 Å². The Hall–Kier alpha value is -4.46. The summed E-state index contributed by atoms with van der Waals surface area (Å²) in [7, 11) is 0. The highest BCUT2D eigenvalue weighted by Gasteiger charge is 2.12. The smallest absolute Gasteiger partial charge is 0.163 e. The van der Waals surface area contributed by atoms with Gasteiger partial charge in [-0.15, -0.1) is 0 Å². The summed E-state index contributed by atoms with van der Waals surface area (Å²) in [5.74, 6) is -1.22. The van der Waals surface area contributed by atoms with Gasteiger partial charge < -0.3 is 30.6 Å². The molecule has 0 spiro atoms. The molecule has 8 heteroatoms. The Labute approximate surface area is 171 Å². The largest absolute Gasteiger partial charge is 0.508 e. The zero-order valence-electron chi connectivity index (χ0n) is 15.6. The van der Waals surface area contributed by atoms with Crippen LogP contribution in [0, 0.1) is 0 Å². The van der Waals surface area contributed by atoms with E-state index in [9.17, 15) is 30.6 Å². The quantitative estimate of drug-likeness (QED) is 0.289. The minimum Gasteiger partial charge on any atom is -0.508 e. The number of rotatable bonds is 4. The molecule has 0 radical (unpaired) electrons. The van der Waals surface area contributed by atoms with Crippen LogP contribution >= 0.6 is 0 Å². The number of amidine groups is 1. The number of aromatic hydroxyl groups is 6. The monoisotopic (exact) mass is 406 g/mol. The fourth-order valence-electron chi connectivity index (χ4n) is 2.59. The van der Waals surface area contributed by atoms with Gasteiger partial charge in [-0.1, -0.05) is 6.58 Å². The summed E-state index contributed by atoms with van der Waals surface area (Å²) in [5, 5.41) is 58.6. The van der Waals surface area contributed by atoms with Crippen molar-refractivity contribution in [1.29, 1.82) is 0 Å². The van der Waals surface area contributed by atoms with Gasteiger partial charge in [0.1, 0.15) is 34.5 Å². The predicted octanol–water partition coefficient (Wildman–Crippen LogP) is 3.46. The van der Waals surface area contributed by atoms with Crippen molar-refractivity contribution in [3.63, 3.8) is 0 Å². The summed E-state index contributed by atoms with van der Waals surface area (Å²) < 4.78 is 0. The Kier molecular flexibility index (Phi) is 5.59. The fraction of sp³-hybridized carbons (Fsp3) is 0. The molecule has 0 aliphatic carbocycles. The average Bonchev–Trinajstić information content (AvgIpc) is 2.66. The first-order chi connectivity index (χ1) is 14.2. The molecule has 0 saturated heterocycles. The molecule has 0 amide bonds. The molecule has 152 valence electrons. The van der Waals surface area contributed by atoms with Gasteiger partial charge in [-0.2, -0.15) is 0 Å². The van der Waals surface area contributed by atoms with Crippen LogP contribution in [-0.2, 0) is 0 Å². The Morgan fingerprint density at radius 2 is 1.17 bits per heavy atom. The van der Waals surface area contributed by atoms with Gasteiger partial charge in [0, 0.05) is 35.5 Å². The van der Waals surface area contributed by atoms with Crippen LogP contribution in [0.4, 0.5) is 0 Å². The van der Waals surface area contributed by atoms with E-state index >= 15 is 0 Å². The van der Waals surface area contributed by atoms with Gasteiger partial charge in [-0.3, -0.25) is 0 Å². The van der Waals surface area contributed by atoms with Gasteiger partial charge in [0.25, 0.3) is 0 Å². The molecular weight excluding hydrogens is 388 g/mol. The second kappa shape index (κ2) is 8.27. The lowest BCUT2D eigenvalue weighted by Gasteiger charge is -2.08. The third-order valence-electron chi connectivity index (χ3n) is 4.10. The van der Waals surface area contributed by atoms with E-state index in [1.165, 1.54) is 42.6 Å². The lowest BCUT2D eigenvalue weighted by molar-refractivity contribution is 0.448. The standard InChI is InChI=1S/C22H18N2O6/c1-12(17-6-4-15(26)9-20(17)29)24-22(18-7-5-16(27)10-21(18)30)23-11-13-2-3-14(25)8-19(13)28/h2-11,25-30H,1H2/b23-11+,24-22-. The Bertz CT molecular complexity index is 1180. The Balaban J connectivity index is 2.08. The van der Waals surface area contributed by atoms with E-state index in [2.05, 4.69) is 16.6 Å². The Morgan fingerprint density at radius 1 is 0.667 bits per heavy atom. The van der Waals surface area contributed by atoms with Crippen molar-refractivity contribution >= 4 is 17.7 Å². The van der Waals surface area contributed by atoms with Gasteiger partial charge in [-0.05, 0) is 36.4 Å². The molecule has 0 saturated carbocycles. The van der Waals surface area contributed by atoms with Crippen molar-refractivity contribution < 1.29 is 30.6 Å². The first kappa shape index (κ1) is 20.3. The van der Waals surface area contributed by atoms with Crippen LogP contribution in [0.5, 0.6) is 34.5 Å². The molecule has 0 aromatic heterocycles. The van der Waals surface area contributed by atoms with E-state index in [0.29, 0.717) is 0 Å². The zero-order chi connectivity index (χ0) is 21.8. The summed E-state index contributed by atoms with van der Waals surface area (Å²) in [6.07, 6.45) is 1.27. The number of phenolic OH excluding ortho intramolecular Hbond substituents is 6. The van der Waals surface area contributed by atoms with Crippen molar-refractivity contribution in [2.75, 3.05) is 0 Å². The number of hydrogen-bond acceptors (Lipinski definition) is 7. The molecule has 0 unspecified atom stereocenters. The van der Waals surface area contributed by atoms with Crippen LogP contribution in [-0.4, -0.2) is 42.7 Å². The minimum atomic E-state index is -0.302. The number of hydrogen-bond donors (Lipinski definition) is 6. The number of benzene rings is 3. The number of aliphatic imine (C=N–C) groups is 2. The average molecular weight is 406 g/mol. The predicted molar refractivity (Wildman–Crippen MR) is 112 cm³/mol. The Morgan fingerprint density at radius 3 is 1.70 bits per heavy atom. The number of phenols is 6. The van der Waals surface area contributed by atoms with E-state index in [1.807, 2.05) is 0 Å². The van der Waals surface area contributed by atoms with Crippen LogP contribution in [0.25, 0.3) is 5.70 Å². The SMILES string of the molecule is C=C(/N=C(\N=C\c1ccc(O)cc1O)c1ccc(O)cc1O)c1ccc(O)cc1O. The van der Waals surface area contributed by atoms with Crippen molar-refractivity contribution in [3.05, 3.63) is 77.9 Å². The van der Waals surface area contributed by atoms with Crippen LogP contribution in [0.2, 0.25) is 0 Å². The second-order valence-corrected chi connectivity index (χ2v) is 6.29. The maximum Gasteiger partial charge on any atom is 0.163 e. The molecule has 0 aliphatic heterocycles. The topological polar surface area (TPSA) is 146 Å². The van der Waals surface area contributed by atoms with Crippen LogP contribution < -0.4 is 0 Å². The highest BCUT2D eigenvalue weighted by molar-refractivity contribution is 6.09. The number of nitrogens with zero attached hydrogens (tertiary/aromatic N) is 2. The molecule has 0 heterocycles. The molecule has 8 nitrogen and oxygen atoms in total. The van der Waals surface area contributed by atoms with Crippen molar-refractivity contribution in [3.8, 4) is 34.5 Å². The molecule has 0 fully saturated rings. The molecule has 30 heavy (non-hydrogen) atoms. The van der Waals surface area contributed by atoms with Crippen molar-refractivity contribution in [1.82, 2.24) is 0 Å². The first-order valence-corrected chi connectivity index (χ1v) is 8.63. The second-order valence-electron chi connectivity index (χ2n) is 6.29. The van der Waals surface area contributed by atoms with Crippen LogP contribution in [0.3, 0.4) is 0 Å². The van der Waals surface area contributed by atoms with E-state index in [-0.39, 0.29) is 62.7 Å². The summed E-state index contributed by atoms with van der Waals surface area (Å²) in [6.45, 7) is 3.80. The molecular formula is C22H18N2O6. The highest BCUT2D eigenvalue weighted by Crippen LogP contribution is 2.30. The summed E-state index contributed by atoms with van der Waals surface area (Å²) in [5.41, 5.74) is 0.742. The minimum absolute atomic E-state index is 0.0301. The summed E-state index contributed by atoms with van der Waals surface area (Å²) in [6, 6.07) is 11.7. The summed E-state index contributed by atoms with van der Waals surface area (Å²) >= 11 is 0. The highest BCUT2D eigenvalue weighted by atomic mass is 16.3. The van der Waals surface area contributed by atoms with Crippen LogP contribution in [0.15, 0.2) is 71.2 Å². The van der Waals surface area contributed by atoms with Gasteiger partial charge >= 0.3 is 0 Å². The molecule has 0 aliphatic rings. The molecule has 3 aromatic carbocycles. The normalized spacial score (nSPS) is 11.7. The third kappa shape index (κ3) is 4.50. The molecule has 3 aromatic rings. The molecule has 0 bridgehead atoms. The maximum atomic E-state index is 10.2. The first-order valence-electron chi connectivity index (χ1n) is 8.63. The third-order valence-corrected chi connectivity index (χ3v) is 4.10. The molecule has 6 N–H and O–H groups in total. The zero-order valence-corrected chi connectivity index (χ0v) is 15.6. The maximum absolute atomic E-state index is 10.2. The van der Waals surface area contributed by atoms with Gasteiger partial charge in [-0.25, -0.2) is 9.98 Å². The lowest BCUT2D eigenvalue weighted by atomic mass is 10.1. The van der Waals surface area contributed by atoms with Gasteiger partial charge in [0.05, 0.1) is 11.3 Å². The molecule has 3 rings (SSSR count). The van der Waals surface area contributed by atoms with E-state index in [0.717, 1.165) is 18.2 Å². The fourth-order valence-corrected chi connectivity index (χ4v) is 2.59. The van der Waals surface area contributed by atoms with Crippen molar-refractivity contribution in [2.45, 2.75) is 0 Å². The molecule has 0 atom stereocenters. The van der Waals surface area contributed by atoms with E-state index in [4.69, 9.17) is 0 Å². The van der Waals surface area contributed by atoms with Crippen LogP contribution in [0.1, 0.15) is 16.7 Å². The summed E-state index contributed by atoms with van der Waals surface area (Å²) in [4.78, 5) is 8.48.